The Bertz CT molecular complexity index is 1190. The number of rotatable bonds is 4. The Morgan fingerprint density at radius 1 is 1.14 bits per heavy atom. The SMILES string of the molecule is Cc1ccccc1-n1nc(C(=O)NC(C)c2nc3ccccc3[nH]2)c2c1CCC2. The Balaban J connectivity index is 1.46. The van der Waals surface area contributed by atoms with Crippen molar-refractivity contribution >= 4 is 16.9 Å². The van der Waals surface area contributed by atoms with E-state index in [1.54, 1.807) is 0 Å². The number of fused-ring (bicyclic) bond motifs is 2. The zero-order chi connectivity index (χ0) is 20.0. The number of hydrogen-bond donors (Lipinski definition) is 2. The van der Waals surface area contributed by atoms with E-state index in [4.69, 9.17) is 5.10 Å². The Labute approximate surface area is 169 Å². The third-order valence-electron chi connectivity index (χ3n) is 5.65. The molecule has 5 rings (SSSR count). The van der Waals surface area contributed by atoms with Gasteiger partial charge in [-0.1, -0.05) is 30.3 Å². The molecule has 1 unspecified atom stereocenters. The number of benzene rings is 2. The van der Waals surface area contributed by atoms with E-state index in [1.807, 2.05) is 48.0 Å². The predicted molar refractivity (Wildman–Crippen MR) is 112 cm³/mol. The normalized spacial score (nSPS) is 14.1. The van der Waals surface area contributed by atoms with Crippen molar-refractivity contribution in [2.75, 3.05) is 0 Å². The molecule has 2 N–H and O–H groups in total. The van der Waals surface area contributed by atoms with Crippen LogP contribution in [0.3, 0.4) is 0 Å². The van der Waals surface area contributed by atoms with E-state index < -0.39 is 0 Å². The Hall–Kier alpha value is -3.41. The fraction of sp³-hybridized carbons (Fsp3) is 0.261. The summed E-state index contributed by atoms with van der Waals surface area (Å²) >= 11 is 0. The molecule has 29 heavy (non-hydrogen) atoms. The summed E-state index contributed by atoms with van der Waals surface area (Å²) in [7, 11) is 0. The lowest BCUT2D eigenvalue weighted by molar-refractivity contribution is 0.0932. The highest BCUT2D eigenvalue weighted by molar-refractivity contribution is 5.94. The molecule has 0 bridgehead atoms. The average molecular weight is 385 g/mol. The van der Waals surface area contributed by atoms with E-state index in [1.165, 1.54) is 0 Å². The number of aromatic amines is 1. The van der Waals surface area contributed by atoms with Crippen LogP contribution in [-0.2, 0) is 12.8 Å². The molecular weight excluding hydrogens is 362 g/mol. The van der Waals surface area contributed by atoms with E-state index >= 15 is 0 Å². The number of carbonyl (C=O) groups excluding carboxylic acids is 1. The van der Waals surface area contributed by atoms with Gasteiger partial charge in [-0.3, -0.25) is 4.79 Å². The van der Waals surface area contributed by atoms with Crippen molar-refractivity contribution in [1.29, 1.82) is 0 Å². The molecule has 6 heteroatoms. The van der Waals surface area contributed by atoms with Crippen molar-refractivity contribution in [3.8, 4) is 5.69 Å². The molecule has 1 aliphatic rings. The van der Waals surface area contributed by atoms with Crippen molar-refractivity contribution < 1.29 is 4.79 Å². The van der Waals surface area contributed by atoms with Gasteiger partial charge in [0.1, 0.15) is 5.82 Å². The number of aryl methyl sites for hydroxylation is 1. The topological polar surface area (TPSA) is 75.6 Å². The molecule has 2 aromatic carbocycles. The molecule has 0 aliphatic heterocycles. The fourth-order valence-electron chi connectivity index (χ4n) is 4.13. The van der Waals surface area contributed by atoms with Gasteiger partial charge in [-0.15, -0.1) is 0 Å². The first-order chi connectivity index (χ1) is 14.1. The minimum absolute atomic E-state index is 0.150. The van der Waals surface area contributed by atoms with Crippen LogP contribution in [0.1, 0.15) is 52.5 Å². The van der Waals surface area contributed by atoms with Gasteiger partial charge in [0, 0.05) is 11.3 Å². The number of amides is 1. The number of imidazole rings is 1. The number of nitrogens with zero attached hydrogens (tertiary/aromatic N) is 3. The van der Waals surface area contributed by atoms with Crippen molar-refractivity contribution in [3.63, 3.8) is 0 Å². The van der Waals surface area contributed by atoms with Crippen LogP contribution >= 0.6 is 0 Å². The monoisotopic (exact) mass is 385 g/mol. The Kier molecular flexibility index (Phi) is 4.19. The van der Waals surface area contributed by atoms with Gasteiger partial charge in [0.15, 0.2) is 5.69 Å². The van der Waals surface area contributed by atoms with Gasteiger partial charge in [-0.2, -0.15) is 5.10 Å². The number of para-hydroxylation sites is 3. The third kappa shape index (κ3) is 3.01. The molecule has 2 aromatic heterocycles. The van der Waals surface area contributed by atoms with Crippen molar-refractivity contribution in [2.45, 2.75) is 39.2 Å². The highest BCUT2D eigenvalue weighted by atomic mass is 16.2. The molecule has 1 atom stereocenters. The Morgan fingerprint density at radius 2 is 1.93 bits per heavy atom. The Morgan fingerprint density at radius 3 is 2.76 bits per heavy atom. The summed E-state index contributed by atoms with van der Waals surface area (Å²) in [4.78, 5) is 21.0. The number of nitrogens with one attached hydrogen (secondary N) is 2. The zero-order valence-corrected chi connectivity index (χ0v) is 16.6. The summed E-state index contributed by atoms with van der Waals surface area (Å²) in [6, 6.07) is 15.8. The summed E-state index contributed by atoms with van der Waals surface area (Å²) in [5.41, 5.74) is 6.80. The molecule has 2 heterocycles. The van der Waals surface area contributed by atoms with Crippen molar-refractivity contribution in [1.82, 2.24) is 25.1 Å². The van der Waals surface area contributed by atoms with Crippen LogP contribution in [0.2, 0.25) is 0 Å². The third-order valence-corrected chi connectivity index (χ3v) is 5.65. The maximum Gasteiger partial charge on any atom is 0.272 e. The van der Waals surface area contributed by atoms with Crippen LogP contribution in [0.5, 0.6) is 0 Å². The minimum Gasteiger partial charge on any atom is -0.341 e. The first kappa shape index (κ1) is 17.7. The lowest BCUT2D eigenvalue weighted by Crippen LogP contribution is -2.28. The molecule has 0 saturated carbocycles. The first-order valence-electron chi connectivity index (χ1n) is 10.0. The van der Waals surface area contributed by atoms with Crippen LogP contribution in [0, 0.1) is 6.92 Å². The zero-order valence-electron chi connectivity index (χ0n) is 16.6. The summed E-state index contributed by atoms with van der Waals surface area (Å²) in [6.07, 6.45) is 2.89. The average Bonchev–Trinajstić information content (AvgIpc) is 3.43. The van der Waals surface area contributed by atoms with E-state index in [-0.39, 0.29) is 11.9 Å². The molecule has 146 valence electrons. The van der Waals surface area contributed by atoms with Crippen LogP contribution < -0.4 is 5.32 Å². The molecule has 0 saturated heterocycles. The van der Waals surface area contributed by atoms with Gasteiger partial charge in [0.05, 0.1) is 22.8 Å². The van der Waals surface area contributed by atoms with Gasteiger partial charge < -0.3 is 10.3 Å². The lowest BCUT2D eigenvalue weighted by atomic mass is 10.1. The maximum absolute atomic E-state index is 13.1. The number of carbonyl (C=O) groups is 1. The molecule has 0 radical (unpaired) electrons. The molecule has 1 aliphatic carbocycles. The van der Waals surface area contributed by atoms with Crippen LogP contribution in [-0.4, -0.2) is 25.7 Å². The second-order valence-corrected chi connectivity index (χ2v) is 7.66. The van der Waals surface area contributed by atoms with E-state index in [9.17, 15) is 4.79 Å². The smallest absolute Gasteiger partial charge is 0.272 e. The van der Waals surface area contributed by atoms with Crippen LogP contribution in [0.25, 0.3) is 16.7 Å². The maximum atomic E-state index is 13.1. The van der Waals surface area contributed by atoms with Crippen molar-refractivity contribution in [2.24, 2.45) is 0 Å². The molecule has 4 aromatic rings. The largest absolute Gasteiger partial charge is 0.341 e. The van der Waals surface area contributed by atoms with Crippen molar-refractivity contribution in [3.05, 3.63) is 76.9 Å². The molecule has 1 amide bonds. The molecular formula is C23H23N5O. The van der Waals surface area contributed by atoms with Gasteiger partial charge in [-0.05, 0) is 56.9 Å². The van der Waals surface area contributed by atoms with Gasteiger partial charge in [0.2, 0.25) is 0 Å². The predicted octanol–water partition coefficient (Wildman–Crippen LogP) is 4.04. The van der Waals surface area contributed by atoms with E-state index in [0.717, 1.165) is 58.6 Å². The highest BCUT2D eigenvalue weighted by Crippen LogP contribution is 2.29. The van der Waals surface area contributed by atoms with Gasteiger partial charge >= 0.3 is 0 Å². The number of H-pyrrole nitrogens is 1. The second-order valence-electron chi connectivity index (χ2n) is 7.66. The summed E-state index contributed by atoms with van der Waals surface area (Å²) in [5, 5.41) is 7.80. The van der Waals surface area contributed by atoms with Crippen LogP contribution in [0.4, 0.5) is 0 Å². The second kappa shape index (κ2) is 6.88. The molecule has 6 nitrogen and oxygen atoms in total. The van der Waals surface area contributed by atoms with E-state index in [0.29, 0.717) is 5.69 Å². The molecule has 0 spiro atoms. The minimum atomic E-state index is -0.240. The summed E-state index contributed by atoms with van der Waals surface area (Å²) in [6.45, 7) is 4.01. The summed E-state index contributed by atoms with van der Waals surface area (Å²) < 4.78 is 1.96. The standard InChI is InChI=1S/C23H23N5O/c1-14-8-3-6-12-19(14)28-20-13-7-9-16(20)21(27-28)23(29)24-15(2)22-25-17-10-4-5-11-18(17)26-22/h3-6,8,10-12,15H,7,9,13H2,1-2H3,(H,24,29)(H,25,26). The lowest BCUT2D eigenvalue weighted by Gasteiger charge is -2.11. The number of hydrogen-bond acceptors (Lipinski definition) is 3. The van der Waals surface area contributed by atoms with Crippen LogP contribution in [0.15, 0.2) is 48.5 Å². The quantitative estimate of drug-likeness (QED) is 0.557. The van der Waals surface area contributed by atoms with Gasteiger partial charge in [-0.25, -0.2) is 9.67 Å². The van der Waals surface area contributed by atoms with Gasteiger partial charge in [0.25, 0.3) is 5.91 Å². The molecule has 0 fully saturated rings. The van der Waals surface area contributed by atoms with E-state index in [2.05, 4.69) is 34.3 Å². The summed E-state index contributed by atoms with van der Waals surface area (Å²) in [5.74, 6) is 0.595. The first-order valence-corrected chi connectivity index (χ1v) is 10.0. The number of aromatic nitrogens is 4. The fourth-order valence-corrected chi connectivity index (χ4v) is 4.13. The highest BCUT2D eigenvalue weighted by Gasteiger charge is 2.28.